The van der Waals surface area contributed by atoms with Crippen LogP contribution in [0.2, 0.25) is 5.02 Å². The standard InChI is InChI=1S/C19H21ClFN7O2S/c1-31(29,30)28-12-4-2-11(3-5-12)26-19-22-9-16-17(27-19)18(24-10-23-16)25-13-6-7-15(21)14(20)8-13/h6-12,28H,2-5H2,1H3,(H,22,26,27)(H,23,24,25). The maximum absolute atomic E-state index is 13.4. The van der Waals surface area contributed by atoms with E-state index in [1.807, 2.05) is 0 Å². The van der Waals surface area contributed by atoms with E-state index in [1.165, 1.54) is 24.7 Å². The third-order valence-electron chi connectivity index (χ3n) is 5.00. The molecule has 0 saturated heterocycles. The Labute approximate surface area is 183 Å². The van der Waals surface area contributed by atoms with Crippen LogP contribution in [-0.4, -0.2) is 46.7 Å². The van der Waals surface area contributed by atoms with E-state index in [0.29, 0.717) is 28.5 Å². The molecule has 0 atom stereocenters. The van der Waals surface area contributed by atoms with Crippen molar-refractivity contribution >= 4 is 50.1 Å². The zero-order chi connectivity index (χ0) is 22.0. The number of rotatable bonds is 6. The fourth-order valence-electron chi connectivity index (χ4n) is 3.57. The molecule has 0 amide bonds. The van der Waals surface area contributed by atoms with Gasteiger partial charge < -0.3 is 10.6 Å². The molecule has 31 heavy (non-hydrogen) atoms. The zero-order valence-electron chi connectivity index (χ0n) is 16.6. The van der Waals surface area contributed by atoms with Crippen molar-refractivity contribution in [3.63, 3.8) is 0 Å². The molecule has 1 aromatic carbocycles. The fourth-order valence-corrected chi connectivity index (χ4v) is 4.59. The van der Waals surface area contributed by atoms with Crippen molar-refractivity contribution in [3.05, 3.63) is 41.6 Å². The summed E-state index contributed by atoms with van der Waals surface area (Å²) in [5, 5.41) is 6.40. The molecule has 3 aromatic rings. The van der Waals surface area contributed by atoms with Crippen molar-refractivity contribution in [2.45, 2.75) is 37.8 Å². The maximum atomic E-state index is 13.4. The first-order valence-corrected chi connectivity index (χ1v) is 12.0. The van der Waals surface area contributed by atoms with E-state index >= 15 is 0 Å². The summed E-state index contributed by atoms with van der Waals surface area (Å²) in [6, 6.07) is 4.38. The van der Waals surface area contributed by atoms with Crippen LogP contribution in [0.3, 0.4) is 0 Å². The van der Waals surface area contributed by atoms with Gasteiger partial charge in [-0.1, -0.05) is 11.6 Å². The molecular weight excluding hydrogens is 445 g/mol. The van der Waals surface area contributed by atoms with Crippen molar-refractivity contribution in [2.24, 2.45) is 0 Å². The molecule has 1 fully saturated rings. The summed E-state index contributed by atoms with van der Waals surface area (Å²) in [7, 11) is -3.21. The van der Waals surface area contributed by atoms with Crippen LogP contribution < -0.4 is 15.4 Å². The number of benzene rings is 1. The van der Waals surface area contributed by atoms with Gasteiger partial charge in [-0.15, -0.1) is 0 Å². The second-order valence-corrected chi connectivity index (χ2v) is 9.67. The fraction of sp³-hybridized carbons (Fsp3) is 0.368. The van der Waals surface area contributed by atoms with Crippen molar-refractivity contribution in [1.29, 1.82) is 0 Å². The second-order valence-electron chi connectivity index (χ2n) is 7.49. The second kappa shape index (κ2) is 8.85. The largest absolute Gasteiger partial charge is 0.351 e. The summed E-state index contributed by atoms with van der Waals surface area (Å²) in [5.74, 6) is 0.372. The lowest BCUT2D eigenvalue weighted by molar-refractivity contribution is 0.387. The van der Waals surface area contributed by atoms with Gasteiger partial charge in [0.05, 0.1) is 17.5 Å². The van der Waals surface area contributed by atoms with Crippen molar-refractivity contribution in [3.8, 4) is 0 Å². The Hall–Kier alpha value is -2.63. The molecule has 1 aliphatic rings. The van der Waals surface area contributed by atoms with Gasteiger partial charge in [-0.05, 0) is 43.9 Å². The quantitative estimate of drug-likeness (QED) is 0.507. The molecule has 1 aliphatic carbocycles. The lowest BCUT2D eigenvalue weighted by Crippen LogP contribution is -2.39. The number of hydrogen-bond acceptors (Lipinski definition) is 8. The van der Waals surface area contributed by atoms with Crippen molar-refractivity contribution in [1.82, 2.24) is 24.7 Å². The molecule has 0 aliphatic heterocycles. The minimum Gasteiger partial charge on any atom is -0.351 e. The first-order valence-electron chi connectivity index (χ1n) is 9.70. The molecule has 3 N–H and O–H groups in total. The highest BCUT2D eigenvalue weighted by atomic mass is 35.5. The number of aromatic nitrogens is 4. The number of fused-ring (bicyclic) bond motifs is 1. The Kier molecular flexibility index (Phi) is 6.17. The Balaban J connectivity index is 1.49. The topological polar surface area (TPSA) is 122 Å². The van der Waals surface area contributed by atoms with Crippen LogP contribution in [0.15, 0.2) is 30.7 Å². The summed E-state index contributed by atoms with van der Waals surface area (Å²) in [5.41, 5.74) is 1.63. The highest BCUT2D eigenvalue weighted by Gasteiger charge is 2.24. The van der Waals surface area contributed by atoms with Crippen LogP contribution in [0.1, 0.15) is 25.7 Å². The van der Waals surface area contributed by atoms with Crippen LogP contribution in [0.25, 0.3) is 11.0 Å². The average molecular weight is 466 g/mol. The molecule has 164 valence electrons. The van der Waals surface area contributed by atoms with Gasteiger partial charge in [0.1, 0.15) is 23.2 Å². The monoisotopic (exact) mass is 465 g/mol. The normalized spacial score (nSPS) is 19.3. The molecule has 0 unspecified atom stereocenters. The smallest absolute Gasteiger partial charge is 0.223 e. The molecule has 0 spiro atoms. The molecular formula is C19H21ClFN7O2S. The molecule has 2 aromatic heterocycles. The van der Waals surface area contributed by atoms with Crippen LogP contribution >= 0.6 is 11.6 Å². The van der Waals surface area contributed by atoms with Gasteiger partial charge in [-0.2, -0.15) is 0 Å². The van der Waals surface area contributed by atoms with E-state index in [-0.39, 0.29) is 17.1 Å². The minimum atomic E-state index is -3.21. The Bertz CT molecular complexity index is 1200. The van der Waals surface area contributed by atoms with E-state index in [4.69, 9.17) is 11.6 Å². The average Bonchev–Trinajstić information content (AvgIpc) is 2.72. The highest BCUT2D eigenvalue weighted by Crippen LogP contribution is 2.26. The number of hydrogen-bond donors (Lipinski definition) is 3. The Morgan fingerprint density at radius 2 is 1.84 bits per heavy atom. The summed E-state index contributed by atoms with van der Waals surface area (Å²) >= 11 is 5.86. The molecule has 0 radical (unpaired) electrons. The van der Waals surface area contributed by atoms with Crippen LogP contribution in [0.4, 0.5) is 21.8 Å². The Morgan fingerprint density at radius 1 is 1.10 bits per heavy atom. The molecule has 12 heteroatoms. The number of anilines is 3. The van der Waals surface area contributed by atoms with E-state index < -0.39 is 15.8 Å². The highest BCUT2D eigenvalue weighted by molar-refractivity contribution is 7.88. The first-order chi connectivity index (χ1) is 14.8. The summed E-state index contributed by atoms with van der Waals surface area (Å²) < 4.78 is 38.9. The van der Waals surface area contributed by atoms with Gasteiger partial charge >= 0.3 is 0 Å². The molecule has 0 bridgehead atoms. The third kappa shape index (κ3) is 5.54. The minimum absolute atomic E-state index is 0.00121. The third-order valence-corrected chi connectivity index (χ3v) is 6.05. The predicted molar refractivity (Wildman–Crippen MR) is 117 cm³/mol. The number of nitrogens with zero attached hydrogens (tertiary/aromatic N) is 4. The number of nitrogens with one attached hydrogen (secondary N) is 3. The number of sulfonamides is 1. The molecule has 9 nitrogen and oxygen atoms in total. The van der Waals surface area contributed by atoms with Crippen molar-refractivity contribution in [2.75, 3.05) is 16.9 Å². The lowest BCUT2D eigenvalue weighted by Gasteiger charge is -2.29. The first kappa shape index (κ1) is 21.6. The van der Waals surface area contributed by atoms with E-state index in [2.05, 4.69) is 35.3 Å². The van der Waals surface area contributed by atoms with E-state index in [1.54, 1.807) is 12.3 Å². The van der Waals surface area contributed by atoms with Crippen LogP contribution in [0, 0.1) is 5.82 Å². The van der Waals surface area contributed by atoms with E-state index in [0.717, 1.165) is 25.7 Å². The van der Waals surface area contributed by atoms with Crippen LogP contribution in [0.5, 0.6) is 0 Å². The van der Waals surface area contributed by atoms with Gasteiger partial charge in [0.25, 0.3) is 0 Å². The zero-order valence-corrected chi connectivity index (χ0v) is 18.2. The predicted octanol–water partition coefficient (Wildman–Crippen LogP) is 3.23. The maximum Gasteiger partial charge on any atom is 0.223 e. The molecule has 1 saturated carbocycles. The molecule has 4 rings (SSSR count). The van der Waals surface area contributed by atoms with Gasteiger partial charge in [-0.25, -0.2) is 37.5 Å². The van der Waals surface area contributed by atoms with Crippen molar-refractivity contribution < 1.29 is 12.8 Å². The van der Waals surface area contributed by atoms with Gasteiger partial charge in [0, 0.05) is 17.8 Å². The van der Waals surface area contributed by atoms with Gasteiger partial charge in [-0.3, -0.25) is 0 Å². The van der Waals surface area contributed by atoms with Gasteiger partial charge in [0.15, 0.2) is 5.82 Å². The summed E-state index contributed by atoms with van der Waals surface area (Å²) in [6.45, 7) is 0. The Morgan fingerprint density at radius 3 is 2.55 bits per heavy atom. The number of halogens is 2. The van der Waals surface area contributed by atoms with Gasteiger partial charge in [0.2, 0.25) is 16.0 Å². The summed E-state index contributed by atoms with van der Waals surface area (Å²) in [4.78, 5) is 17.3. The van der Waals surface area contributed by atoms with Crippen LogP contribution in [-0.2, 0) is 10.0 Å². The molecule has 2 heterocycles. The van der Waals surface area contributed by atoms with E-state index in [9.17, 15) is 12.8 Å². The SMILES string of the molecule is CS(=O)(=O)NC1CCC(Nc2ncc3ncnc(Nc4ccc(F)c(Cl)c4)c3n2)CC1. The summed E-state index contributed by atoms with van der Waals surface area (Å²) in [6.07, 6.45) is 7.22. The lowest BCUT2D eigenvalue weighted by atomic mass is 9.92.